The van der Waals surface area contributed by atoms with Crippen molar-refractivity contribution in [2.24, 2.45) is 0 Å². The molecule has 17 heavy (non-hydrogen) atoms. The summed E-state index contributed by atoms with van der Waals surface area (Å²) in [6.45, 7) is 2.94. The Morgan fingerprint density at radius 2 is 2.65 bits per heavy atom. The van der Waals surface area contributed by atoms with Crippen LogP contribution in [0.25, 0.3) is 0 Å². The number of hydrogen-bond acceptors (Lipinski definition) is 4. The number of aromatic nitrogens is 2. The van der Waals surface area contributed by atoms with Crippen LogP contribution in [0.5, 0.6) is 0 Å². The second-order valence-electron chi connectivity index (χ2n) is 4.38. The molecule has 1 aliphatic heterocycles. The number of nitrogens with one attached hydrogen (secondary N) is 1. The van der Waals surface area contributed by atoms with Crippen molar-refractivity contribution >= 4 is 11.6 Å². The van der Waals surface area contributed by atoms with Crippen LogP contribution >= 0.6 is 0 Å². The molecule has 0 aromatic carbocycles. The van der Waals surface area contributed by atoms with E-state index in [1.54, 1.807) is 6.20 Å². The van der Waals surface area contributed by atoms with Crippen molar-refractivity contribution < 1.29 is 9.53 Å². The van der Waals surface area contributed by atoms with Crippen molar-refractivity contribution in [2.45, 2.75) is 38.5 Å². The fourth-order valence-corrected chi connectivity index (χ4v) is 2.00. The summed E-state index contributed by atoms with van der Waals surface area (Å²) in [6.07, 6.45) is 5.38. The van der Waals surface area contributed by atoms with Crippen LogP contribution in [0.3, 0.4) is 0 Å². The zero-order chi connectivity index (χ0) is 12.3. The Balaban J connectivity index is 1.80. The first-order valence-corrected chi connectivity index (χ1v) is 5.84. The van der Waals surface area contributed by atoms with Gasteiger partial charge < -0.3 is 15.8 Å². The molecule has 6 heteroatoms. The quantitative estimate of drug-likeness (QED) is 0.782. The van der Waals surface area contributed by atoms with E-state index >= 15 is 0 Å². The van der Waals surface area contributed by atoms with Gasteiger partial charge in [-0.3, -0.25) is 9.48 Å². The molecule has 0 bridgehead atoms. The molecular weight excluding hydrogens is 220 g/mol. The Morgan fingerprint density at radius 1 is 1.82 bits per heavy atom. The topological polar surface area (TPSA) is 82.2 Å². The molecule has 2 unspecified atom stereocenters. The first-order chi connectivity index (χ1) is 8.15. The van der Waals surface area contributed by atoms with Crippen molar-refractivity contribution in [3.63, 3.8) is 0 Å². The van der Waals surface area contributed by atoms with Gasteiger partial charge in [-0.2, -0.15) is 5.10 Å². The van der Waals surface area contributed by atoms with Gasteiger partial charge in [-0.1, -0.05) is 0 Å². The van der Waals surface area contributed by atoms with Crippen molar-refractivity contribution in [3.05, 3.63) is 12.4 Å². The first-order valence-electron chi connectivity index (χ1n) is 5.84. The maximum atomic E-state index is 11.7. The molecule has 1 saturated heterocycles. The number of rotatable bonds is 4. The number of carbonyl (C=O) groups is 1. The number of carbonyl (C=O) groups excluding carboxylic acids is 1. The Labute approximate surface area is 100 Å². The molecular formula is C11H18N4O2. The van der Waals surface area contributed by atoms with E-state index in [1.165, 1.54) is 10.9 Å². The Morgan fingerprint density at radius 3 is 3.24 bits per heavy atom. The third-order valence-corrected chi connectivity index (χ3v) is 2.87. The molecule has 3 N–H and O–H groups in total. The lowest BCUT2D eigenvalue weighted by Gasteiger charge is -2.19. The summed E-state index contributed by atoms with van der Waals surface area (Å²) < 4.78 is 7.03. The lowest BCUT2D eigenvalue weighted by Crippen LogP contribution is -2.42. The van der Waals surface area contributed by atoms with Crippen LogP contribution in [0.1, 0.15) is 19.8 Å². The van der Waals surface area contributed by atoms with E-state index in [0.29, 0.717) is 5.69 Å². The molecule has 2 heterocycles. The smallest absolute Gasteiger partial charge is 0.242 e. The van der Waals surface area contributed by atoms with E-state index < -0.39 is 0 Å². The van der Waals surface area contributed by atoms with Gasteiger partial charge in [0.05, 0.1) is 24.0 Å². The SMILES string of the molecule is CC(NC(=O)Cn1cc(N)cn1)C1CCCO1. The van der Waals surface area contributed by atoms with Crippen molar-refractivity contribution in [1.29, 1.82) is 0 Å². The minimum Gasteiger partial charge on any atom is -0.396 e. The second kappa shape index (κ2) is 5.18. The van der Waals surface area contributed by atoms with Gasteiger partial charge in [0, 0.05) is 12.8 Å². The summed E-state index contributed by atoms with van der Waals surface area (Å²) in [6, 6.07) is 0.0397. The van der Waals surface area contributed by atoms with Crippen LogP contribution in [0, 0.1) is 0 Å². The normalized spacial score (nSPS) is 21.4. The molecule has 0 aliphatic carbocycles. The van der Waals surface area contributed by atoms with Crippen LogP contribution in [-0.4, -0.2) is 34.4 Å². The zero-order valence-corrected chi connectivity index (χ0v) is 9.93. The highest BCUT2D eigenvalue weighted by Gasteiger charge is 2.23. The summed E-state index contributed by atoms with van der Waals surface area (Å²) in [4.78, 5) is 11.7. The average Bonchev–Trinajstić information content (AvgIpc) is 2.89. The fourth-order valence-electron chi connectivity index (χ4n) is 2.00. The second-order valence-corrected chi connectivity index (χ2v) is 4.38. The average molecular weight is 238 g/mol. The largest absolute Gasteiger partial charge is 0.396 e. The molecule has 1 amide bonds. The monoisotopic (exact) mass is 238 g/mol. The first kappa shape index (κ1) is 11.9. The lowest BCUT2D eigenvalue weighted by molar-refractivity contribution is -0.123. The highest BCUT2D eigenvalue weighted by molar-refractivity contribution is 5.76. The van der Waals surface area contributed by atoms with Gasteiger partial charge in [0.1, 0.15) is 6.54 Å². The fraction of sp³-hybridized carbons (Fsp3) is 0.636. The van der Waals surface area contributed by atoms with E-state index in [9.17, 15) is 4.79 Å². The minimum absolute atomic E-state index is 0.0397. The molecule has 1 aromatic heterocycles. The molecule has 1 aromatic rings. The van der Waals surface area contributed by atoms with Crippen LogP contribution in [-0.2, 0) is 16.1 Å². The van der Waals surface area contributed by atoms with Gasteiger partial charge in [-0.15, -0.1) is 0 Å². The molecule has 6 nitrogen and oxygen atoms in total. The van der Waals surface area contributed by atoms with E-state index in [2.05, 4.69) is 10.4 Å². The van der Waals surface area contributed by atoms with Crippen LogP contribution < -0.4 is 11.1 Å². The highest BCUT2D eigenvalue weighted by atomic mass is 16.5. The van der Waals surface area contributed by atoms with Gasteiger partial charge in [0.25, 0.3) is 0 Å². The minimum atomic E-state index is -0.0731. The summed E-state index contributed by atoms with van der Waals surface area (Å²) in [5, 5.41) is 6.87. The van der Waals surface area contributed by atoms with Crippen molar-refractivity contribution in [3.8, 4) is 0 Å². The Hall–Kier alpha value is -1.56. The van der Waals surface area contributed by atoms with E-state index in [-0.39, 0.29) is 24.6 Å². The predicted octanol–water partition coefficient (Wildman–Crippen LogP) is 0.149. The molecule has 0 saturated carbocycles. The van der Waals surface area contributed by atoms with Crippen molar-refractivity contribution in [1.82, 2.24) is 15.1 Å². The molecule has 1 fully saturated rings. The summed E-state index contributed by atoms with van der Waals surface area (Å²) in [7, 11) is 0. The number of hydrogen-bond donors (Lipinski definition) is 2. The number of nitrogens with zero attached hydrogens (tertiary/aromatic N) is 2. The maximum absolute atomic E-state index is 11.7. The Bertz CT molecular complexity index is 385. The standard InChI is InChI=1S/C11H18N4O2/c1-8(10-3-2-4-17-10)14-11(16)7-15-6-9(12)5-13-15/h5-6,8,10H,2-4,7,12H2,1H3,(H,14,16). The van der Waals surface area contributed by atoms with Crippen molar-refractivity contribution in [2.75, 3.05) is 12.3 Å². The Kier molecular flexibility index (Phi) is 3.63. The van der Waals surface area contributed by atoms with E-state index in [4.69, 9.17) is 10.5 Å². The molecule has 2 atom stereocenters. The zero-order valence-electron chi connectivity index (χ0n) is 9.93. The van der Waals surface area contributed by atoms with Crippen LogP contribution in [0.4, 0.5) is 5.69 Å². The molecule has 1 aliphatic rings. The summed E-state index contributed by atoms with van der Waals surface area (Å²) in [5.74, 6) is -0.0731. The van der Waals surface area contributed by atoms with Gasteiger partial charge in [-0.25, -0.2) is 0 Å². The van der Waals surface area contributed by atoms with Gasteiger partial charge in [0.2, 0.25) is 5.91 Å². The molecule has 2 rings (SSSR count). The predicted molar refractivity (Wildman–Crippen MR) is 63.2 cm³/mol. The number of nitrogen functional groups attached to an aromatic ring is 1. The van der Waals surface area contributed by atoms with Crippen LogP contribution in [0.15, 0.2) is 12.4 Å². The number of ether oxygens (including phenoxy) is 1. The third-order valence-electron chi connectivity index (χ3n) is 2.87. The summed E-state index contributed by atoms with van der Waals surface area (Å²) >= 11 is 0. The third kappa shape index (κ3) is 3.20. The maximum Gasteiger partial charge on any atom is 0.242 e. The van der Waals surface area contributed by atoms with E-state index in [0.717, 1.165) is 19.4 Å². The number of anilines is 1. The number of amides is 1. The van der Waals surface area contributed by atoms with E-state index in [1.807, 2.05) is 6.92 Å². The van der Waals surface area contributed by atoms with Gasteiger partial charge >= 0.3 is 0 Å². The highest BCUT2D eigenvalue weighted by Crippen LogP contribution is 2.15. The van der Waals surface area contributed by atoms with Gasteiger partial charge in [-0.05, 0) is 19.8 Å². The molecule has 94 valence electrons. The van der Waals surface area contributed by atoms with Gasteiger partial charge in [0.15, 0.2) is 0 Å². The number of nitrogens with two attached hydrogens (primary N) is 1. The summed E-state index contributed by atoms with van der Waals surface area (Å²) in [5.41, 5.74) is 6.08. The van der Waals surface area contributed by atoms with Crippen LogP contribution in [0.2, 0.25) is 0 Å². The lowest BCUT2D eigenvalue weighted by atomic mass is 10.1. The molecule has 0 spiro atoms. The molecule has 0 radical (unpaired) electrons.